The number of hydrogen-bond acceptors (Lipinski definition) is 2. The van der Waals surface area contributed by atoms with Crippen LogP contribution in [0, 0.1) is 41.4 Å². The molecule has 25 heavy (non-hydrogen) atoms. The Labute approximate surface area is 140 Å². The van der Waals surface area contributed by atoms with E-state index in [1.165, 1.54) is 0 Å². The van der Waals surface area contributed by atoms with Gasteiger partial charge in [-0.25, -0.2) is 0 Å². The molecule has 0 spiro atoms. The molecule has 3 fully saturated rings. The quantitative estimate of drug-likeness (QED) is 0.344. The zero-order valence-electron chi connectivity index (χ0n) is 12.8. The highest BCUT2D eigenvalue weighted by molar-refractivity contribution is 7.87. The lowest BCUT2D eigenvalue weighted by atomic mass is 9.67. The Morgan fingerprint density at radius 1 is 0.880 bits per heavy atom. The molecule has 7 atom stereocenters. The molecule has 4 aliphatic carbocycles. The van der Waals surface area contributed by atoms with E-state index in [2.05, 4.69) is 0 Å². The van der Waals surface area contributed by atoms with E-state index in [-0.39, 0.29) is 42.4 Å². The van der Waals surface area contributed by atoms with Crippen LogP contribution in [0.3, 0.4) is 0 Å². The molecule has 0 aromatic rings. The second kappa shape index (κ2) is 4.74. The monoisotopic (exact) mass is 390 g/mol. The van der Waals surface area contributed by atoms with Gasteiger partial charge in [0, 0.05) is 5.92 Å². The van der Waals surface area contributed by atoms with Crippen LogP contribution in [0.15, 0.2) is 12.2 Å². The standard InChI is InChI=1S/C15H16F6O3S/c16-13(17,14(18,19)15(20,21)25(22,23)24)10-5-8-4-9(10)12-7-2-1-6(3-7)11(8)12/h1-2,6-12H,3-5H2,(H,22,23,24). The first-order chi connectivity index (χ1) is 11.3. The van der Waals surface area contributed by atoms with Crippen molar-refractivity contribution < 1.29 is 39.3 Å². The third kappa shape index (κ3) is 1.95. The van der Waals surface area contributed by atoms with Crippen LogP contribution < -0.4 is 0 Å². The lowest BCUT2D eigenvalue weighted by Gasteiger charge is -2.42. The fraction of sp³-hybridized carbons (Fsp3) is 0.867. The molecule has 0 aromatic heterocycles. The fourth-order valence-corrected chi connectivity index (χ4v) is 6.48. The number of rotatable bonds is 4. The summed E-state index contributed by atoms with van der Waals surface area (Å²) in [5.74, 6) is -14.4. The topological polar surface area (TPSA) is 54.4 Å². The average molecular weight is 390 g/mol. The predicted octanol–water partition coefficient (Wildman–Crippen LogP) is 3.83. The Bertz CT molecular complexity index is 734. The normalized spacial score (nSPS) is 43.1. The molecule has 142 valence electrons. The average Bonchev–Trinajstić information content (AvgIpc) is 3.23. The second-order valence-electron chi connectivity index (χ2n) is 7.79. The zero-order chi connectivity index (χ0) is 18.6. The molecule has 4 rings (SSSR count). The van der Waals surface area contributed by atoms with Crippen LogP contribution in [0.2, 0.25) is 0 Å². The summed E-state index contributed by atoms with van der Waals surface area (Å²) in [6.45, 7) is 0. The van der Waals surface area contributed by atoms with Crippen LogP contribution >= 0.6 is 0 Å². The van der Waals surface area contributed by atoms with E-state index in [0.29, 0.717) is 0 Å². The molecule has 0 aromatic carbocycles. The van der Waals surface area contributed by atoms with Crippen molar-refractivity contribution in [1.82, 2.24) is 0 Å². The Morgan fingerprint density at radius 3 is 2.00 bits per heavy atom. The van der Waals surface area contributed by atoms with E-state index < -0.39 is 39.1 Å². The van der Waals surface area contributed by atoms with Crippen LogP contribution in [0.1, 0.15) is 19.3 Å². The third-order valence-electron chi connectivity index (χ3n) is 6.84. The Kier molecular flexibility index (Phi) is 3.34. The van der Waals surface area contributed by atoms with E-state index in [0.717, 1.165) is 6.42 Å². The maximum atomic E-state index is 14.5. The van der Waals surface area contributed by atoms with Crippen LogP contribution in [0.4, 0.5) is 26.3 Å². The Balaban J connectivity index is 1.67. The minimum Gasteiger partial charge on any atom is -0.281 e. The van der Waals surface area contributed by atoms with Gasteiger partial charge in [0.2, 0.25) is 0 Å². The SMILES string of the molecule is O=S(=O)(O)C(F)(F)C(F)(F)C(F)(F)C1CC2CC1C1C3C=CC(C3)C21. The molecule has 1 N–H and O–H groups in total. The maximum absolute atomic E-state index is 14.5. The summed E-state index contributed by atoms with van der Waals surface area (Å²) in [4.78, 5) is 0. The molecule has 3 saturated carbocycles. The van der Waals surface area contributed by atoms with E-state index in [1.807, 2.05) is 12.2 Å². The van der Waals surface area contributed by atoms with Gasteiger partial charge < -0.3 is 0 Å². The number of fused-ring (bicyclic) bond motifs is 9. The molecule has 4 bridgehead atoms. The highest BCUT2D eigenvalue weighted by atomic mass is 32.2. The van der Waals surface area contributed by atoms with Gasteiger partial charge >= 0.3 is 27.2 Å². The van der Waals surface area contributed by atoms with Gasteiger partial charge in [0.05, 0.1) is 0 Å². The lowest BCUT2D eigenvalue weighted by Crippen LogP contribution is -2.61. The van der Waals surface area contributed by atoms with Crippen molar-refractivity contribution in [3.05, 3.63) is 12.2 Å². The first-order valence-electron chi connectivity index (χ1n) is 8.09. The summed E-state index contributed by atoms with van der Waals surface area (Å²) < 4.78 is 113. The van der Waals surface area contributed by atoms with Crippen molar-refractivity contribution in [3.8, 4) is 0 Å². The van der Waals surface area contributed by atoms with Gasteiger partial charge in [-0.05, 0) is 54.8 Å². The molecule has 10 heteroatoms. The summed E-state index contributed by atoms with van der Waals surface area (Å²) in [6, 6.07) is 0. The van der Waals surface area contributed by atoms with Crippen LogP contribution in [0.25, 0.3) is 0 Å². The van der Waals surface area contributed by atoms with Gasteiger partial charge in [0.25, 0.3) is 0 Å². The largest absolute Gasteiger partial charge is 0.437 e. The fourth-order valence-electron chi connectivity index (χ4n) is 6.02. The number of halogens is 6. The minimum atomic E-state index is -6.69. The van der Waals surface area contributed by atoms with Gasteiger partial charge in [-0.3, -0.25) is 4.55 Å². The predicted molar refractivity (Wildman–Crippen MR) is 73.8 cm³/mol. The minimum absolute atomic E-state index is 0.000642. The van der Waals surface area contributed by atoms with Crippen LogP contribution in [-0.4, -0.2) is 30.1 Å². The second-order valence-corrected chi connectivity index (χ2v) is 9.26. The van der Waals surface area contributed by atoms with Crippen molar-refractivity contribution in [2.24, 2.45) is 41.4 Å². The third-order valence-corrected chi connectivity index (χ3v) is 7.75. The number of alkyl halides is 6. The first kappa shape index (κ1) is 17.6. The van der Waals surface area contributed by atoms with Crippen molar-refractivity contribution in [3.63, 3.8) is 0 Å². The van der Waals surface area contributed by atoms with Gasteiger partial charge in [-0.1, -0.05) is 12.2 Å². The molecule has 0 aliphatic heterocycles. The van der Waals surface area contributed by atoms with E-state index >= 15 is 0 Å². The summed E-state index contributed by atoms with van der Waals surface area (Å²) in [5, 5.41) is -6.25. The zero-order valence-corrected chi connectivity index (χ0v) is 13.6. The van der Waals surface area contributed by atoms with Crippen LogP contribution in [-0.2, 0) is 10.1 Å². The molecule has 3 nitrogen and oxygen atoms in total. The molecule has 4 aliphatic rings. The molecule has 0 saturated heterocycles. The first-order valence-corrected chi connectivity index (χ1v) is 9.53. The van der Waals surface area contributed by atoms with Crippen molar-refractivity contribution in [2.45, 2.75) is 36.4 Å². The Morgan fingerprint density at radius 2 is 1.44 bits per heavy atom. The summed E-state index contributed by atoms with van der Waals surface area (Å²) in [6.07, 6.45) is 4.62. The van der Waals surface area contributed by atoms with Crippen molar-refractivity contribution in [2.75, 3.05) is 0 Å². The van der Waals surface area contributed by atoms with Gasteiger partial charge in [-0.15, -0.1) is 0 Å². The smallest absolute Gasteiger partial charge is 0.281 e. The summed E-state index contributed by atoms with van der Waals surface area (Å²) in [7, 11) is -6.69. The summed E-state index contributed by atoms with van der Waals surface area (Å²) >= 11 is 0. The molecule has 0 radical (unpaired) electrons. The van der Waals surface area contributed by atoms with Gasteiger partial charge in [-0.2, -0.15) is 34.8 Å². The molecule has 0 amide bonds. The maximum Gasteiger partial charge on any atom is 0.437 e. The molecule has 0 heterocycles. The highest BCUT2D eigenvalue weighted by Crippen LogP contribution is 2.70. The Hall–Kier alpha value is -0.770. The number of allylic oxidation sites excluding steroid dienone is 2. The van der Waals surface area contributed by atoms with E-state index in [9.17, 15) is 34.8 Å². The molecular formula is C15H16F6O3S. The lowest BCUT2D eigenvalue weighted by molar-refractivity contribution is -0.306. The van der Waals surface area contributed by atoms with Crippen molar-refractivity contribution in [1.29, 1.82) is 0 Å². The van der Waals surface area contributed by atoms with Gasteiger partial charge in [0.1, 0.15) is 0 Å². The van der Waals surface area contributed by atoms with E-state index in [4.69, 9.17) is 4.55 Å². The molecule has 7 unspecified atom stereocenters. The highest BCUT2D eigenvalue weighted by Gasteiger charge is 2.81. The molecular weight excluding hydrogens is 374 g/mol. The number of hydrogen-bond donors (Lipinski definition) is 1. The summed E-state index contributed by atoms with van der Waals surface area (Å²) in [5.41, 5.74) is 0. The van der Waals surface area contributed by atoms with Crippen molar-refractivity contribution >= 4 is 10.1 Å². The van der Waals surface area contributed by atoms with Gasteiger partial charge in [0.15, 0.2) is 0 Å². The van der Waals surface area contributed by atoms with Crippen LogP contribution in [0.5, 0.6) is 0 Å². The van der Waals surface area contributed by atoms with E-state index in [1.54, 1.807) is 0 Å².